The molecule has 0 aliphatic carbocycles. The molecule has 3 heterocycles. The molecule has 4 aromatic rings. The zero-order chi connectivity index (χ0) is 24.0. The number of carbonyl (C=O) groups excluding carboxylic acids is 1. The lowest BCUT2D eigenvalue weighted by Gasteiger charge is -2.40. The number of carbonyl (C=O) groups is 1. The second-order valence-electron chi connectivity index (χ2n) is 8.26. The van der Waals surface area contributed by atoms with E-state index < -0.39 is 5.91 Å². The largest absolute Gasteiger partial charge is 0.459 e. The number of hydrogen-bond acceptors (Lipinski definition) is 8. The van der Waals surface area contributed by atoms with Crippen LogP contribution in [0.15, 0.2) is 89.8 Å². The lowest BCUT2D eigenvalue weighted by atomic mass is 9.96. The smallest absolute Gasteiger partial charge is 0.305 e. The number of furan rings is 1. The van der Waals surface area contributed by atoms with Crippen molar-refractivity contribution in [3.8, 4) is 0 Å². The van der Waals surface area contributed by atoms with Crippen LogP contribution in [0.25, 0.3) is 0 Å². The molecule has 9 nitrogen and oxygen atoms in total. The van der Waals surface area contributed by atoms with Gasteiger partial charge >= 0.3 is 5.91 Å². The van der Waals surface area contributed by atoms with E-state index in [1.54, 1.807) is 12.1 Å². The van der Waals surface area contributed by atoms with Gasteiger partial charge in [-0.15, -0.1) is 0 Å². The summed E-state index contributed by atoms with van der Waals surface area (Å²) < 4.78 is 5.10. The van der Waals surface area contributed by atoms with Crippen LogP contribution in [0.4, 0.5) is 17.3 Å². The number of piperazine rings is 1. The Kier molecular flexibility index (Phi) is 6.58. The van der Waals surface area contributed by atoms with E-state index in [2.05, 4.69) is 79.2 Å². The summed E-state index contributed by atoms with van der Waals surface area (Å²) in [6.45, 7) is 3.21. The Hall–Kier alpha value is -4.37. The van der Waals surface area contributed by atoms with Crippen molar-refractivity contribution in [3.05, 3.63) is 102 Å². The number of nitrogens with one attached hydrogen (secondary N) is 2. The van der Waals surface area contributed by atoms with Gasteiger partial charge in [-0.3, -0.25) is 20.5 Å². The van der Waals surface area contributed by atoms with Crippen LogP contribution in [0, 0.1) is 0 Å². The molecule has 5 rings (SSSR count). The SMILES string of the molecule is Nc1c(NNC(=O)c2ccco2)ncnc1N1CCN(C(c2ccccc2)c2ccccc2)CC1. The van der Waals surface area contributed by atoms with Crippen molar-refractivity contribution in [2.45, 2.75) is 6.04 Å². The van der Waals surface area contributed by atoms with Crippen LogP contribution in [0.3, 0.4) is 0 Å². The van der Waals surface area contributed by atoms with E-state index in [0.717, 1.165) is 26.2 Å². The Morgan fingerprint density at radius 2 is 1.54 bits per heavy atom. The third kappa shape index (κ3) is 4.95. The van der Waals surface area contributed by atoms with E-state index in [9.17, 15) is 4.79 Å². The molecule has 2 aromatic heterocycles. The molecule has 4 N–H and O–H groups in total. The molecule has 0 unspecified atom stereocenters. The van der Waals surface area contributed by atoms with Gasteiger partial charge in [0.25, 0.3) is 0 Å². The van der Waals surface area contributed by atoms with Crippen molar-refractivity contribution in [1.29, 1.82) is 0 Å². The minimum Gasteiger partial charge on any atom is -0.459 e. The molecule has 0 saturated carbocycles. The Balaban J connectivity index is 1.28. The number of benzene rings is 2. The first-order valence-corrected chi connectivity index (χ1v) is 11.5. The van der Waals surface area contributed by atoms with Gasteiger partial charge in [0.05, 0.1) is 12.3 Å². The van der Waals surface area contributed by atoms with Gasteiger partial charge in [0.15, 0.2) is 17.4 Å². The van der Waals surface area contributed by atoms with Crippen LogP contribution in [0.5, 0.6) is 0 Å². The summed E-state index contributed by atoms with van der Waals surface area (Å²) in [5.41, 5.74) is 14.6. The molecule has 1 saturated heterocycles. The van der Waals surface area contributed by atoms with Crippen LogP contribution >= 0.6 is 0 Å². The minimum absolute atomic E-state index is 0.177. The van der Waals surface area contributed by atoms with Gasteiger partial charge in [-0.25, -0.2) is 9.97 Å². The summed E-state index contributed by atoms with van der Waals surface area (Å²) in [6.07, 6.45) is 2.88. The number of anilines is 3. The van der Waals surface area contributed by atoms with E-state index in [4.69, 9.17) is 10.2 Å². The molecule has 1 fully saturated rings. The number of nitrogen functional groups attached to an aromatic ring is 1. The molecular weight excluding hydrogens is 442 g/mol. The molecular formula is C26H27N7O2. The maximum absolute atomic E-state index is 12.1. The van der Waals surface area contributed by atoms with Gasteiger partial charge in [-0.1, -0.05) is 60.7 Å². The van der Waals surface area contributed by atoms with Crippen molar-refractivity contribution in [3.63, 3.8) is 0 Å². The van der Waals surface area contributed by atoms with Crippen LogP contribution < -0.4 is 21.5 Å². The average Bonchev–Trinajstić information content (AvgIpc) is 3.45. The fraction of sp³-hybridized carbons (Fsp3) is 0.192. The number of rotatable bonds is 7. The third-order valence-electron chi connectivity index (χ3n) is 6.11. The molecule has 178 valence electrons. The normalized spacial score (nSPS) is 14.1. The van der Waals surface area contributed by atoms with Crippen molar-refractivity contribution in [2.75, 3.05) is 42.2 Å². The van der Waals surface area contributed by atoms with E-state index in [0.29, 0.717) is 17.3 Å². The predicted molar refractivity (Wildman–Crippen MR) is 135 cm³/mol. The summed E-state index contributed by atoms with van der Waals surface area (Å²) in [6, 6.07) is 24.6. The number of nitrogens with zero attached hydrogens (tertiary/aromatic N) is 4. The van der Waals surface area contributed by atoms with Crippen LogP contribution in [0.1, 0.15) is 27.7 Å². The molecule has 0 radical (unpaired) electrons. The molecule has 1 aliphatic heterocycles. The van der Waals surface area contributed by atoms with Crippen molar-refractivity contribution in [2.24, 2.45) is 0 Å². The molecule has 2 aromatic carbocycles. The average molecular weight is 470 g/mol. The molecule has 1 amide bonds. The number of hydrazine groups is 1. The lowest BCUT2D eigenvalue weighted by Crippen LogP contribution is -2.48. The van der Waals surface area contributed by atoms with Gasteiger partial charge in [-0.05, 0) is 23.3 Å². The highest BCUT2D eigenvalue weighted by Crippen LogP contribution is 2.32. The first-order chi connectivity index (χ1) is 17.2. The Bertz CT molecular complexity index is 1200. The highest BCUT2D eigenvalue weighted by atomic mass is 16.3. The van der Waals surface area contributed by atoms with Gasteiger partial charge in [0, 0.05) is 26.2 Å². The number of nitrogens with two attached hydrogens (primary N) is 1. The minimum atomic E-state index is -0.420. The Labute approximate surface area is 203 Å². The summed E-state index contributed by atoms with van der Waals surface area (Å²) in [5.74, 6) is 0.748. The van der Waals surface area contributed by atoms with Crippen LogP contribution in [-0.4, -0.2) is 47.0 Å². The highest BCUT2D eigenvalue weighted by molar-refractivity contribution is 5.92. The van der Waals surface area contributed by atoms with Gasteiger partial charge in [0.1, 0.15) is 12.0 Å². The number of amides is 1. The quantitative estimate of drug-likeness (QED) is 0.354. The third-order valence-corrected chi connectivity index (χ3v) is 6.11. The van der Waals surface area contributed by atoms with Crippen LogP contribution in [-0.2, 0) is 0 Å². The molecule has 1 aliphatic rings. The molecule has 0 bridgehead atoms. The molecule has 35 heavy (non-hydrogen) atoms. The monoisotopic (exact) mass is 469 g/mol. The lowest BCUT2D eigenvalue weighted by molar-refractivity contribution is 0.0935. The predicted octanol–water partition coefficient (Wildman–Crippen LogP) is 3.32. The number of aromatic nitrogens is 2. The van der Waals surface area contributed by atoms with E-state index >= 15 is 0 Å². The van der Waals surface area contributed by atoms with E-state index in [1.165, 1.54) is 23.7 Å². The van der Waals surface area contributed by atoms with E-state index in [-0.39, 0.29) is 11.8 Å². The molecule has 0 atom stereocenters. The second kappa shape index (κ2) is 10.3. The summed E-state index contributed by atoms with van der Waals surface area (Å²) in [4.78, 5) is 25.4. The zero-order valence-electron chi connectivity index (χ0n) is 19.2. The fourth-order valence-corrected chi connectivity index (χ4v) is 4.40. The summed E-state index contributed by atoms with van der Waals surface area (Å²) >= 11 is 0. The Morgan fingerprint density at radius 1 is 0.886 bits per heavy atom. The van der Waals surface area contributed by atoms with Gasteiger partial charge in [-0.2, -0.15) is 0 Å². The number of hydrogen-bond donors (Lipinski definition) is 3. The van der Waals surface area contributed by atoms with Crippen molar-refractivity contribution >= 4 is 23.2 Å². The highest BCUT2D eigenvalue weighted by Gasteiger charge is 2.28. The zero-order valence-corrected chi connectivity index (χ0v) is 19.2. The van der Waals surface area contributed by atoms with Gasteiger partial charge < -0.3 is 15.1 Å². The molecule has 9 heteroatoms. The summed E-state index contributed by atoms with van der Waals surface area (Å²) in [5, 5.41) is 0. The second-order valence-corrected chi connectivity index (χ2v) is 8.26. The summed E-state index contributed by atoms with van der Waals surface area (Å²) in [7, 11) is 0. The first kappa shape index (κ1) is 22.4. The molecule has 0 spiro atoms. The first-order valence-electron chi connectivity index (χ1n) is 11.5. The van der Waals surface area contributed by atoms with Gasteiger partial charge in [0.2, 0.25) is 0 Å². The maximum Gasteiger partial charge on any atom is 0.305 e. The van der Waals surface area contributed by atoms with Crippen molar-refractivity contribution in [1.82, 2.24) is 20.3 Å². The fourth-order valence-electron chi connectivity index (χ4n) is 4.40. The Morgan fingerprint density at radius 3 is 2.14 bits per heavy atom. The topological polar surface area (TPSA) is 113 Å². The standard InChI is InChI=1S/C26H27N7O2/c27-22-24(30-31-26(34)21-12-7-17-35-21)28-18-29-25(22)33-15-13-32(14-16-33)23(19-8-3-1-4-9-19)20-10-5-2-6-11-20/h1-12,17-18,23H,13-16,27H2,(H,31,34)(H,28,29,30). The maximum atomic E-state index is 12.1. The van der Waals surface area contributed by atoms with Crippen LogP contribution in [0.2, 0.25) is 0 Å². The van der Waals surface area contributed by atoms with Crippen molar-refractivity contribution < 1.29 is 9.21 Å². The van der Waals surface area contributed by atoms with E-state index in [1.807, 2.05) is 12.1 Å².